The molecule has 0 bridgehead atoms. The average molecular weight is 222 g/mol. The van der Waals surface area contributed by atoms with E-state index in [1.165, 1.54) is 25.7 Å². The minimum Gasteiger partial charge on any atom is -0.354 e. The van der Waals surface area contributed by atoms with E-state index in [1.807, 2.05) is 6.92 Å². The van der Waals surface area contributed by atoms with Crippen molar-refractivity contribution < 1.29 is 4.79 Å². The lowest BCUT2D eigenvalue weighted by Gasteiger charge is -2.25. The van der Waals surface area contributed by atoms with Crippen LogP contribution in [0.15, 0.2) is 0 Å². The van der Waals surface area contributed by atoms with Crippen molar-refractivity contribution in [2.75, 3.05) is 13.1 Å². The second-order valence-electron chi connectivity index (χ2n) is 6.18. The van der Waals surface area contributed by atoms with E-state index < -0.39 is 0 Å². The van der Waals surface area contributed by atoms with Crippen molar-refractivity contribution in [1.29, 1.82) is 0 Å². The van der Waals surface area contributed by atoms with Gasteiger partial charge in [-0.15, -0.1) is 0 Å². The third-order valence-corrected chi connectivity index (χ3v) is 4.81. The van der Waals surface area contributed by atoms with Gasteiger partial charge in [-0.3, -0.25) is 4.79 Å². The lowest BCUT2D eigenvalue weighted by Crippen LogP contribution is -2.52. The molecular weight excluding hydrogens is 200 g/mol. The normalized spacial score (nSPS) is 36.1. The molecule has 16 heavy (non-hydrogen) atoms. The SMILES string of the molecule is CC1(C(=O)NCC2(C3CC3)CC2)CCCN1. The molecule has 1 unspecified atom stereocenters. The van der Waals surface area contributed by atoms with Gasteiger partial charge in [-0.05, 0) is 63.3 Å². The molecule has 3 fully saturated rings. The highest BCUT2D eigenvalue weighted by atomic mass is 16.2. The highest BCUT2D eigenvalue weighted by molar-refractivity contribution is 5.86. The molecule has 3 heteroatoms. The van der Waals surface area contributed by atoms with E-state index in [0.29, 0.717) is 5.41 Å². The van der Waals surface area contributed by atoms with Crippen molar-refractivity contribution in [2.24, 2.45) is 11.3 Å². The van der Waals surface area contributed by atoms with E-state index in [-0.39, 0.29) is 11.4 Å². The fourth-order valence-electron chi connectivity index (χ4n) is 3.13. The van der Waals surface area contributed by atoms with Crippen LogP contribution in [0.1, 0.15) is 45.4 Å². The Bertz CT molecular complexity index is 299. The number of carbonyl (C=O) groups is 1. The maximum absolute atomic E-state index is 12.1. The summed E-state index contributed by atoms with van der Waals surface area (Å²) in [5.74, 6) is 1.15. The van der Waals surface area contributed by atoms with Gasteiger partial charge >= 0.3 is 0 Å². The quantitative estimate of drug-likeness (QED) is 0.755. The van der Waals surface area contributed by atoms with E-state index in [2.05, 4.69) is 10.6 Å². The largest absolute Gasteiger partial charge is 0.354 e. The monoisotopic (exact) mass is 222 g/mol. The van der Waals surface area contributed by atoms with Crippen LogP contribution in [-0.2, 0) is 4.79 Å². The van der Waals surface area contributed by atoms with Gasteiger partial charge in [-0.25, -0.2) is 0 Å². The minimum atomic E-state index is -0.292. The summed E-state index contributed by atoms with van der Waals surface area (Å²) in [7, 11) is 0. The molecule has 0 radical (unpaired) electrons. The maximum Gasteiger partial charge on any atom is 0.240 e. The van der Waals surface area contributed by atoms with E-state index in [9.17, 15) is 4.79 Å². The molecule has 0 aromatic rings. The molecule has 1 atom stereocenters. The van der Waals surface area contributed by atoms with Crippen LogP contribution in [-0.4, -0.2) is 24.5 Å². The first-order chi connectivity index (χ1) is 7.65. The Morgan fingerprint density at radius 2 is 2.12 bits per heavy atom. The van der Waals surface area contributed by atoms with E-state index in [1.54, 1.807) is 0 Å². The van der Waals surface area contributed by atoms with Gasteiger partial charge in [0.2, 0.25) is 5.91 Å². The van der Waals surface area contributed by atoms with Crippen LogP contribution >= 0.6 is 0 Å². The molecular formula is C13H22N2O. The van der Waals surface area contributed by atoms with Crippen LogP contribution in [0.2, 0.25) is 0 Å². The van der Waals surface area contributed by atoms with Gasteiger partial charge in [0.15, 0.2) is 0 Å². The van der Waals surface area contributed by atoms with Gasteiger partial charge in [0.1, 0.15) is 0 Å². The molecule has 3 nitrogen and oxygen atoms in total. The van der Waals surface area contributed by atoms with Crippen LogP contribution in [0.3, 0.4) is 0 Å². The Kier molecular flexibility index (Phi) is 2.29. The summed E-state index contributed by atoms with van der Waals surface area (Å²) in [5.41, 5.74) is 0.226. The number of amides is 1. The highest BCUT2D eigenvalue weighted by Gasteiger charge is 2.54. The van der Waals surface area contributed by atoms with Crippen molar-refractivity contribution >= 4 is 5.91 Å². The lowest BCUT2D eigenvalue weighted by atomic mass is 9.97. The zero-order valence-corrected chi connectivity index (χ0v) is 10.1. The number of hydrogen-bond donors (Lipinski definition) is 2. The summed E-state index contributed by atoms with van der Waals surface area (Å²) in [6, 6.07) is 0. The summed E-state index contributed by atoms with van der Waals surface area (Å²) in [4.78, 5) is 12.1. The summed E-state index contributed by atoms with van der Waals surface area (Å²) in [6.07, 6.45) is 7.56. The minimum absolute atomic E-state index is 0.219. The third-order valence-electron chi connectivity index (χ3n) is 4.81. The van der Waals surface area contributed by atoms with Gasteiger partial charge in [-0.1, -0.05) is 0 Å². The Morgan fingerprint density at radius 3 is 2.62 bits per heavy atom. The number of hydrogen-bond acceptors (Lipinski definition) is 2. The Morgan fingerprint density at radius 1 is 1.38 bits per heavy atom. The number of carbonyl (C=O) groups excluding carboxylic acids is 1. The molecule has 3 aliphatic rings. The van der Waals surface area contributed by atoms with Gasteiger partial charge in [0.25, 0.3) is 0 Å². The van der Waals surface area contributed by atoms with Crippen LogP contribution in [0.4, 0.5) is 0 Å². The van der Waals surface area contributed by atoms with Gasteiger partial charge in [-0.2, -0.15) is 0 Å². The predicted octanol–water partition coefficient (Wildman–Crippen LogP) is 1.43. The van der Waals surface area contributed by atoms with Gasteiger partial charge in [0.05, 0.1) is 5.54 Å². The summed E-state index contributed by atoms with van der Waals surface area (Å²) >= 11 is 0. The summed E-state index contributed by atoms with van der Waals surface area (Å²) < 4.78 is 0. The zero-order valence-electron chi connectivity index (χ0n) is 10.1. The van der Waals surface area contributed by atoms with E-state index in [4.69, 9.17) is 0 Å². The van der Waals surface area contributed by atoms with Crippen molar-refractivity contribution in [1.82, 2.24) is 10.6 Å². The second-order valence-corrected chi connectivity index (χ2v) is 6.18. The molecule has 1 heterocycles. The lowest BCUT2D eigenvalue weighted by molar-refractivity contribution is -0.126. The number of rotatable bonds is 4. The van der Waals surface area contributed by atoms with E-state index in [0.717, 1.165) is 31.8 Å². The molecule has 0 aromatic carbocycles. The number of nitrogens with one attached hydrogen (secondary N) is 2. The van der Waals surface area contributed by atoms with Crippen molar-refractivity contribution in [3.05, 3.63) is 0 Å². The van der Waals surface area contributed by atoms with Gasteiger partial charge in [0, 0.05) is 6.54 Å². The van der Waals surface area contributed by atoms with Crippen molar-refractivity contribution in [2.45, 2.75) is 51.0 Å². The first-order valence-corrected chi connectivity index (χ1v) is 6.68. The predicted molar refractivity (Wildman–Crippen MR) is 63.0 cm³/mol. The van der Waals surface area contributed by atoms with Crippen LogP contribution in [0, 0.1) is 11.3 Å². The zero-order chi connectivity index (χ0) is 11.2. The molecule has 2 saturated carbocycles. The molecule has 2 N–H and O–H groups in total. The fraction of sp³-hybridized carbons (Fsp3) is 0.923. The molecule has 0 spiro atoms. The Hall–Kier alpha value is -0.570. The van der Waals surface area contributed by atoms with Crippen molar-refractivity contribution in [3.8, 4) is 0 Å². The Labute approximate surface area is 97.4 Å². The maximum atomic E-state index is 12.1. The molecule has 90 valence electrons. The Balaban J connectivity index is 1.53. The van der Waals surface area contributed by atoms with Crippen LogP contribution in [0.5, 0.6) is 0 Å². The van der Waals surface area contributed by atoms with Crippen LogP contribution < -0.4 is 10.6 Å². The molecule has 0 aromatic heterocycles. The molecule has 3 rings (SSSR count). The summed E-state index contributed by atoms with van der Waals surface area (Å²) in [6.45, 7) is 3.94. The average Bonchev–Trinajstić information content (AvgIpc) is 3.15. The van der Waals surface area contributed by atoms with E-state index >= 15 is 0 Å². The van der Waals surface area contributed by atoms with Gasteiger partial charge < -0.3 is 10.6 Å². The summed E-state index contributed by atoms with van der Waals surface area (Å²) in [5, 5.41) is 6.51. The first-order valence-electron chi connectivity index (χ1n) is 6.68. The first kappa shape index (κ1) is 10.6. The highest BCUT2D eigenvalue weighted by Crippen LogP contribution is 2.60. The topological polar surface area (TPSA) is 41.1 Å². The van der Waals surface area contributed by atoms with Crippen molar-refractivity contribution in [3.63, 3.8) is 0 Å². The molecule has 1 amide bonds. The third kappa shape index (κ3) is 1.75. The standard InChI is InChI=1S/C13H22N2O/c1-12(5-2-8-15-12)11(16)14-9-13(6-7-13)10-3-4-10/h10,15H,2-9H2,1H3,(H,14,16). The molecule has 1 aliphatic heterocycles. The van der Waals surface area contributed by atoms with Crippen LogP contribution in [0.25, 0.3) is 0 Å². The molecule has 2 aliphatic carbocycles. The molecule has 1 saturated heterocycles. The second kappa shape index (κ2) is 3.46. The fourth-order valence-corrected chi connectivity index (χ4v) is 3.13. The smallest absolute Gasteiger partial charge is 0.240 e.